The van der Waals surface area contributed by atoms with Gasteiger partial charge in [0.1, 0.15) is 5.82 Å². The zero-order valence-electron chi connectivity index (χ0n) is 11.3. The van der Waals surface area contributed by atoms with Crippen LogP contribution in [0.4, 0.5) is 4.39 Å². The number of hydrogen-bond acceptors (Lipinski definition) is 1. The molecule has 0 saturated heterocycles. The van der Waals surface area contributed by atoms with E-state index >= 15 is 0 Å². The summed E-state index contributed by atoms with van der Waals surface area (Å²) < 4.78 is 13.4. The second-order valence-corrected chi connectivity index (χ2v) is 6.07. The Labute approximate surface area is 108 Å². The van der Waals surface area contributed by atoms with Crippen LogP contribution in [0.15, 0.2) is 30.0 Å². The topological polar surface area (TPSA) is 20.2 Å². The largest absolute Gasteiger partial charge is 0.515 e. The van der Waals surface area contributed by atoms with Gasteiger partial charge in [-0.1, -0.05) is 26.8 Å². The molecule has 0 saturated carbocycles. The summed E-state index contributed by atoms with van der Waals surface area (Å²) in [6.45, 7) is 8.47. The highest BCUT2D eigenvalue weighted by Crippen LogP contribution is 2.45. The van der Waals surface area contributed by atoms with Gasteiger partial charge in [0.25, 0.3) is 0 Å². The van der Waals surface area contributed by atoms with Crippen LogP contribution in [0.1, 0.15) is 45.2 Å². The first-order valence-corrected chi connectivity index (χ1v) is 6.18. The summed E-state index contributed by atoms with van der Waals surface area (Å²) in [6.07, 6.45) is 1.99. The molecule has 0 aromatic heterocycles. The summed E-state index contributed by atoms with van der Waals surface area (Å²) in [7, 11) is 0. The van der Waals surface area contributed by atoms with E-state index in [9.17, 15) is 9.50 Å². The molecule has 0 amide bonds. The van der Waals surface area contributed by atoms with Crippen LogP contribution in [0, 0.1) is 11.2 Å². The van der Waals surface area contributed by atoms with Gasteiger partial charge in [-0.3, -0.25) is 0 Å². The maximum absolute atomic E-state index is 13.4. The summed E-state index contributed by atoms with van der Waals surface area (Å²) >= 11 is 0. The maximum atomic E-state index is 13.4. The smallest absolute Gasteiger partial charge is 0.123 e. The highest BCUT2D eigenvalue weighted by Gasteiger charge is 2.27. The Morgan fingerprint density at radius 1 is 1.22 bits per heavy atom. The van der Waals surface area contributed by atoms with Crippen LogP contribution in [-0.4, -0.2) is 5.11 Å². The van der Waals surface area contributed by atoms with Gasteiger partial charge in [0.2, 0.25) is 0 Å². The van der Waals surface area contributed by atoms with E-state index in [1.807, 2.05) is 6.92 Å². The monoisotopic (exact) mass is 246 g/mol. The van der Waals surface area contributed by atoms with Crippen molar-refractivity contribution in [2.75, 3.05) is 0 Å². The molecule has 0 spiro atoms. The number of halogens is 1. The molecule has 1 N–H and O–H groups in total. The molecule has 1 aromatic carbocycles. The Kier molecular flexibility index (Phi) is 3.05. The minimum Gasteiger partial charge on any atom is -0.515 e. The van der Waals surface area contributed by atoms with Gasteiger partial charge < -0.3 is 5.11 Å². The van der Waals surface area contributed by atoms with Crippen molar-refractivity contribution in [1.29, 1.82) is 0 Å². The molecule has 0 unspecified atom stereocenters. The second kappa shape index (κ2) is 4.27. The number of allylic oxidation sites excluding steroid dienone is 3. The summed E-state index contributed by atoms with van der Waals surface area (Å²) in [6, 6.07) is 4.75. The first kappa shape index (κ1) is 12.9. The Balaban J connectivity index is 2.59. The number of fused-ring (bicyclic) bond motifs is 1. The molecule has 0 radical (unpaired) electrons. The van der Waals surface area contributed by atoms with Crippen LogP contribution in [0.3, 0.4) is 0 Å². The predicted octanol–water partition coefficient (Wildman–Crippen LogP) is 4.95. The minimum absolute atomic E-state index is 0.130. The quantitative estimate of drug-likeness (QED) is 0.695. The summed E-state index contributed by atoms with van der Waals surface area (Å²) in [5.41, 5.74) is 4.97. The lowest BCUT2D eigenvalue weighted by atomic mass is 9.85. The molecule has 0 atom stereocenters. The number of aliphatic hydroxyl groups is 1. The molecule has 1 nitrogen and oxygen atoms in total. The fourth-order valence-electron chi connectivity index (χ4n) is 2.49. The van der Waals surface area contributed by atoms with Gasteiger partial charge >= 0.3 is 0 Å². The lowest BCUT2D eigenvalue weighted by Gasteiger charge is -2.20. The van der Waals surface area contributed by atoms with Crippen molar-refractivity contribution in [3.63, 3.8) is 0 Å². The van der Waals surface area contributed by atoms with Gasteiger partial charge in [0.05, 0.1) is 6.26 Å². The molecule has 0 fully saturated rings. The number of aliphatic hydroxyl groups excluding tert-OH is 1. The lowest BCUT2D eigenvalue weighted by molar-refractivity contribution is 0.427. The van der Waals surface area contributed by atoms with E-state index in [2.05, 4.69) is 20.8 Å². The molecule has 1 aliphatic rings. The van der Waals surface area contributed by atoms with Crippen molar-refractivity contribution >= 4 is 11.1 Å². The van der Waals surface area contributed by atoms with Gasteiger partial charge in [0.15, 0.2) is 0 Å². The fourth-order valence-corrected chi connectivity index (χ4v) is 2.49. The zero-order valence-corrected chi connectivity index (χ0v) is 11.3. The van der Waals surface area contributed by atoms with Crippen molar-refractivity contribution in [2.45, 2.75) is 34.1 Å². The summed E-state index contributed by atoms with van der Waals surface area (Å²) in [5, 5.41) is 9.38. The van der Waals surface area contributed by atoms with Crippen molar-refractivity contribution in [2.24, 2.45) is 5.41 Å². The van der Waals surface area contributed by atoms with E-state index in [4.69, 9.17) is 0 Å². The van der Waals surface area contributed by atoms with Gasteiger partial charge in [-0.2, -0.15) is 0 Å². The van der Waals surface area contributed by atoms with E-state index in [1.165, 1.54) is 6.07 Å². The second-order valence-electron chi connectivity index (χ2n) is 6.07. The van der Waals surface area contributed by atoms with E-state index in [1.54, 1.807) is 12.1 Å². The third-order valence-electron chi connectivity index (χ3n) is 3.29. The first-order chi connectivity index (χ1) is 8.33. The van der Waals surface area contributed by atoms with Crippen molar-refractivity contribution in [3.8, 4) is 0 Å². The summed E-state index contributed by atoms with van der Waals surface area (Å²) in [4.78, 5) is 0. The normalized spacial score (nSPS) is 17.5. The van der Waals surface area contributed by atoms with E-state index < -0.39 is 0 Å². The van der Waals surface area contributed by atoms with Crippen LogP contribution in [0.2, 0.25) is 0 Å². The highest BCUT2D eigenvalue weighted by molar-refractivity contribution is 5.99. The van der Waals surface area contributed by atoms with Crippen LogP contribution < -0.4 is 0 Å². The third-order valence-corrected chi connectivity index (χ3v) is 3.29. The van der Waals surface area contributed by atoms with E-state index in [0.29, 0.717) is 0 Å². The molecule has 0 aliphatic heterocycles. The zero-order chi connectivity index (χ0) is 13.5. The molecule has 2 rings (SSSR count). The first-order valence-electron chi connectivity index (χ1n) is 6.18. The molecule has 1 aliphatic carbocycles. The van der Waals surface area contributed by atoms with Crippen LogP contribution in [0.5, 0.6) is 0 Å². The molecule has 2 heteroatoms. The molecule has 0 heterocycles. The molecule has 1 aromatic rings. The van der Waals surface area contributed by atoms with Crippen LogP contribution in [0.25, 0.3) is 11.1 Å². The Morgan fingerprint density at radius 2 is 1.89 bits per heavy atom. The average molecular weight is 246 g/mol. The summed E-state index contributed by atoms with van der Waals surface area (Å²) in [5.74, 6) is -0.229. The van der Waals surface area contributed by atoms with Crippen molar-refractivity contribution < 1.29 is 9.50 Å². The molecule has 18 heavy (non-hydrogen) atoms. The molecule has 96 valence electrons. The van der Waals surface area contributed by atoms with Crippen LogP contribution >= 0.6 is 0 Å². The number of hydrogen-bond donors (Lipinski definition) is 1. The Hall–Kier alpha value is -1.57. The Bertz CT molecular complexity index is 545. The highest BCUT2D eigenvalue weighted by atomic mass is 19.1. The number of benzene rings is 1. The van der Waals surface area contributed by atoms with Crippen molar-refractivity contribution in [1.82, 2.24) is 0 Å². The van der Waals surface area contributed by atoms with Crippen molar-refractivity contribution in [3.05, 3.63) is 47.0 Å². The van der Waals surface area contributed by atoms with Gasteiger partial charge in [-0.05, 0) is 53.2 Å². The maximum Gasteiger partial charge on any atom is 0.123 e. The minimum atomic E-state index is -0.229. The third kappa shape index (κ3) is 2.20. The van der Waals surface area contributed by atoms with E-state index in [0.717, 1.165) is 40.5 Å². The van der Waals surface area contributed by atoms with Gasteiger partial charge in [-0.15, -0.1) is 0 Å². The van der Waals surface area contributed by atoms with Gasteiger partial charge in [0, 0.05) is 5.57 Å². The molecular formula is C16H19FO. The SMILES string of the molecule is CC1=C(CC(C)(C)C)c2cc(F)ccc2C1=CO. The van der Waals surface area contributed by atoms with Gasteiger partial charge in [-0.25, -0.2) is 4.39 Å². The lowest BCUT2D eigenvalue weighted by Crippen LogP contribution is -2.06. The predicted molar refractivity (Wildman–Crippen MR) is 73.7 cm³/mol. The Morgan fingerprint density at radius 3 is 2.44 bits per heavy atom. The fraction of sp³-hybridized carbons (Fsp3) is 0.375. The average Bonchev–Trinajstić information content (AvgIpc) is 2.50. The number of rotatable bonds is 1. The molecule has 0 bridgehead atoms. The molecular weight excluding hydrogens is 227 g/mol. The van der Waals surface area contributed by atoms with Crippen LogP contribution in [-0.2, 0) is 0 Å². The standard InChI is InChI=1S/C16H19FO/c1-10-14(8-16(2,3)4)13-7-11(17)5-6-12(13)15(10)9-18/h5-7,9,18H,8H2,1-4H3. The van der Waals surface area contributed by atoms with E-state index in [-0.39, 0.29) is 11.2 Å².